The maximum absolute atomic E-state index is 12.5. The summed E-state index contributed by atoms with van der Waals surface area (Å²) < 4.78 is 5.03. The third kappa shape index (κ3) is 3.93. The van der Waals surface area contributed by atoms with E-state index in [1.165, 1.54) is 4.90 Å². The molecule has 2 N–H and O–H groups in total. The predicted octanol–water partition coefficient (Wildman–Crippen LogP) is 2.76. The van der Waals surface area contributed by atoms with Crippen LogP contribution in [0.4, 0.5) is 5.69 Å². The van der Waals surface area contributed by atoms with Gasteiger partial charge in [0.2, 0.25) is 0 Å². The standard InChI is InChI=1S/C19H23N3O4/c1-6-26-19(25)15-11(2)16(20-12(15)3)17(23)21-14-9-7-13(8-10-14)18(24)22(4)5/h7-10,20H,6H2,1-5H3,(H,21,23). The molecule has 2 rings (SSSR count). The van der Waals surface area contributed by atoms with Gasteiger partial charge in [0.15, 0.2) is 0 Å². The van der Waals surface area contributed by atoms with Crippen LogP contribution in [0.2, 0.25) is 0 Å². The Morgan fingerprint density at radius 2 is 1.73 bits per heavy atom. The summed E-state index contributed by atoms with van der Waals surface area (Å²) in [4.78, 5) is 40.9. The summed E-state index contributed by atoms with van der Waals surface area (Å²) in [5.41, 5.74) is 2.89. The third-order valence-corrected chi connectivity index (χ3v) is 3.94. The molecule has 0 aliphatic carbocycles. The van der Waals surface area contributed by atoms with Crippen molar-refractivity contribution in [1.82, 2.24) is 9.88 Å². The van der Waals surface area contributed by atoms with Gasteiger partial charge in [-0.25, -0.2) is 4.79 Å². The molecule has 0 fully saturated rings. The van der Waals surface area contributed by atoms with Gasteiger partial charge in [0.1, 0.15) is 5.69 Å². The Bertz CT molecular complexity index is 835. The number of carbonyl (C=O) groups excluding carboxylic acids is 3. The highest BCUT2D eigenvalue weighted by Crippen LogP contribution is 2.20. The van der Waals surface area contributed by atoms with E-state index in [2.05, 4.69) is 10.3 Å². The molecule has 0 saturated heterocycles. The molecule has 0 bridgehead atoms. The number of nitrogens with zero attached hydrogens (tertiary/aromatic N) is 1. The van der Waals surface area contributed by atoms with E-state index < -0.39 is 5.97 Å². The number of hydrogen-bond acceptors (Lipinski definition) is 4. The molecule has 7 heteroatoms. The number of esters is 1. The highest BCUT2D eigenvalue weighted by Gasteiger charge is 2.23. The summed E-state index contributed by atoms with van der Waals surface area (Å²) >= 11 is 0. The number of hydrogen-bond donors (Lipinski definition) is 2. The molecule has 7 nitrogen and oxygen atoms in total. The Kier molecular flexibility index (Phi) is 5.82. The van der Waals surface area contributed by atoms with Crippen LogP contribution in [0.25, 0.3) is 0 Å². The number of amides is 2. The zero-order valence-electron chi connectivity index (χ0n) is 15.6. The molecule has 0 aliphatic rings. The lowest BCUT2D eigenvalue weighted by atomic mass is 10.1. The van der Waals surface area contributed by atoms with Crippen molar-refractivity contribution in [2.75, 3.05) is 26.0 Å². The number of rotatable bonds is 5. The molecule has 1 heterocycles. The van der Waals surface area contributed by atoms with E-state index in [1.807, 2.05) is 0 Å². The zero-order valence-corrected chi connectivity index (χ0v) is 15.6. The van der Waals surface area contributed by atoms with Crippen molar-refractivity contribution >= 4 is 23.5 Å². The van der Waals surface area contributed by atoms with Gasteiger partial charge in [-0.2, -0.15) is 0 Å². The molecule has 0 spiro atoms. The fraction of sp³-hybridized carbons (Fsp3) is 0.316. The van der Waals surface area contributed by atoms with Gasteiger partial charge in [-0.05, 0) is 50.6 Å². The van der Waals surface area contributed by atoms with E-state index in [-0.39, 0.29) is 18.4 Å². The lowest BCUT2D eigenvalue weighted by Crippen LogP contribution is -2.21. The number of aromatic amines is 1. The molecule has 1 aromatic carbocycles. The molecule has 138 valence electrons. The number of carbonyl (C=O) groups is 3. The maximum atomic E-state index is 12.5. The molecule has 1 aromatic heterocycles. The minimum absolute atomic E-state index is 0.113. The summed E-state index contributed by atoms with van der Waals surface area (Å²) in [6.07, 6.45) is 0. The quantitative estimate of drug-likeness (QED) is 0.805. The molecule has 0 radical (unpaired) electrons. The van der Waals surface area contributed by atoms with E-state index in [1.54, 1.807) is 59.1 Å². The lowest BCUT2D eigenvalue weighted by Gasteiger charge is -2.11. The van der Waals surface area contributed by atoms with E-state index in [4.69, 9.17) is 4.74 Å². The largest absolute Gasteiger partial charge is 0.462 e. The van der Waals surface area contributed by atoms with E-state index in [0.717, 1.165) is 0 Å². The first kappa shape index (κ1) is 19.2. The molecule has 2 aromatic rings. The first-order chi connectivity index (χ1) is 12.3. The second-order valence-electron chi connectivity index (χ2n) is 6.08. The smallest absolute Gasteiger partial charge is 0.340 e. The summed E-state index contributed by atoms with van der Waals surface area (Å²) in [5, 5.41) is 2.76. The number of anilines is 1. The normalized spacial score (nSPS) is 10.3. The Hall–Kier alpha value is -3.09. The highest BCUT2D eigenvalue weighted by atomic mass is 16.5. The zero-order chi connectivity index (χ0) is 19.4. The second kappa shape index (κ2) is 7.86. The van der Waals surface area contributed by atoms with Crippen molar-refractivity contribution in [3.05, 3.63) is 52.3 Å². The summed E-state index contributed by atoms with van der Waals surface area (Å²) in [7, 11) is 3.35. The number of aryl methyl sites for hydroxylation is 1. The molecule has 2 amide bonds. The van der Waals surface area contributed by atoms with Gasteiger partial charge in [0.05, 0.1) is 12.2 Å². The van der Waals surface area contributed by atoms with Crippen molar-refractivity contribution in [1.29, 1.82) is 0 Å². The van der Waals surface area contributed by atoms with Crippen LogP contribution >= 0.6 is 0 Å². The minimum atomic E-state index is -0.454. The summed E-state index contributed by atoms with van der Waals surface area (Å²) in [6, 6.07) is 6.61. The predicted molar refractivity (Wildman–Crippen MR) is 98.6 cm³/mol. The number of ether oxygens (including phenoxy) is 1. The summed E-state index contributed by atoms with van der Waals surface area (Å²) in [5.74, 6) is -0.935. The van der Waals surface area contributed by atoms with Crippen LogP contribution in [0.15, 0.2) is 24.3 Å². The molecule has 0 unspecified atom stereocenters. The molecule has 0 atom stereocenters. The number of aromatic nitrogens is 1. The van der Waals surface area contributed by atoms with Gasteiger partial charge in [-0.3, -0.25) is 9.59 Å². The molecule has 0 saturated carbocycles. The third-order valence-electron chi connectivity index (χ3n) is 3.94. The van der Waals surface area contributed by atoms with Gasteiger partial charge in [0, 0.05) is 31.0 Å². The van der Waals surface area contributed by atoms with Crippen LogP contribution in [-0.4, -0.2) is 48.4 Å². The molecular weight excluding hydrogens is 334 g/mol. The highest BCUT2D eigenvalue weighted by molar-refractivity contribution is 6.07. The van der Waals surface area contributed by atoms with E-state index in [0.29, 0.717) is 33.8 Å². The first-order valence-electron chi connectivity index (χ1n) is 8.25. The Balaban J connectivity index is 2.19. The van der Waals surface area contributed by atoms with E-state index in [9.17, 15) is 14.4 Å². The van der Waals surface area contributed by atoms with Gasteiger partial charge in [0.25, 0.3) is 11.8 Å². The van der Waals surface area contributed by atoms with Crippen LogP contribution in [0.3, 0.4) is 0 Å². The topological polar surface area (TPSA) is 91.5 Å². The van der Waals surface area contributed by atoms with Crippen molar-refractivity contribution in [2.45, 2.75) is 20.8 Å². The number of nitrogens with one attached hydrogen (secondary N) is 2. The Morgan fingerprint density at radius 3 is 2.27 bits per heavy atom. The molecular formula is C19H23N3O4. The SMILES string of the molecule is CCOC(=O)c1c(C)[nH]c(C(=O)Nc2ccc(C(=O)N(C)C)cc2)c1C. The van der Waals surface area contributed by atoms with Gasteiger partial charge >= 0.3 is 5.97 Å². The molecule has 0 aliphatic heterocycles. The lowest BCUT2D eigenvalue weighted by molar-refractivity contribution is 0.0524. The fourth-order valence-corrected chi connectivity index (χ4v) is 2.63. The molecule has 26 heavy (non-hydrogen) atoms. The van der Waals surface area contributed by atoms with Crippen LogP contribution in [-0.2, 0) is 4.74 Å². The van der Waals surface area contributed by atoms with Crippen molar-refractivity contribution in [3.8, 4) is 0 Å². The van der Waals surface area contributed by atoms with Crippen LogP contribution in [0.1, 0.15) is 49.4 Å². The Morgan fingerprint density at radius 1 is 1.12 bits per heavy atom. The summed E-state index contributed by atoms with van der Waals surface area (Å²) in [6.45, 7) is 5.41. The fourth-order valence-electron chi connectivity index (χ4n) is 2.63. The first-order valence-corrected chi connectivity index (χ1v) is 8.25. The van der Waals surface area contributed by atoms with Gasteiger partial charge in [-0.15, -0.1) is 0 Å². The average Bonchev–Trinajstić information content (AvgIpc) is 2.89. The van der Waals surface area contributed by atoms with E-state index >= 15 is 0 Å². The van der Waals surface area contributed by atoms with Gasteiger partial charge in [-0.1, -0.05) is 0 Å². The van der Waals surface area contributed by atoms with Crippen molar-refractivity contribution in [2.24, 2.45) is 0 Å². The maximum Gasteiger partial charge on any atom is 0.340 e. The minimum Gasteiger partial charge on any atom is -0.462 e. The number of benzene rings is 1. The average molecular weight is 357 g/mol. The van der Waals surface area contributed by atoms with Crippen molar-refractivity contribution < 1.29 is 19.1 Å². The van der Waals surface area contributed by atoms with Gasteiger partial charge < -0.3 is 19.9 Å². The van der Waals surface area contributed by atoms with Crippen LogP contribution in [0.5, 0.6) is 0 Å². The van der Waals surface area contributed by atoms with Crippen molar-refractivity contribution in [3.63, 3.8) is 0 Å². The second-order valence-corrected chi connectivity index (χ2v) is 6.08. The van der Waals surface area contributed by atoms with Crippen LogP contribution in [0, 0.1) is 13.8 Å². The number of H-pyrrole nitrogens is 1. The Labute approximate surface area is 152 Å². The van der Waals surface area contributed by atoms with Crippen LogP contribution < -0.4 is 5.32 Å². The monoisotopic (exact) mass is 357 g/mol.